The van der Waals surface area contributed by atoms with E-state index in [2.05, 4.69) is 68.9 Å². The minimum Gasteiger partial charge on any atom is -0.462 e. The van der Waals surface area contributed by atoms with Gasteiger partial charge in [-0.25, -0.2) is 4.79 Å². The van der Waals surface area contributed by atoms with Gasteiger partial charge in [0, 0.05) is 66.6 Å². The molecular weight excluding hydrogens is 458 g/mol. The van der Waals surface area contributed by atoms with E-state index in [0.717, 1.165) is 23.9 Å². The van der Waals surface area contributed by atoms with Crippen molar-refractivity contribution in [1.82, 2.24) is 14.5 Å². The third kappa shape index (κ3) is 3.30. The molecule has 0 bridgehead atoms. The van der Waals surface area contributed by atoms with Gasteiger partial charge in [-0.15, -0.1) is 0 Å². The molecule has 0 N–H and O–H groups in total. The third-order valence-electron chi connectivity index (χ3n) is 6.93. The minimum atomic E-state index is -0.421. The van der Waals surface area contributed by atoms with Gasteiger partial charge in [0.15, 0.2) is 0 Å². The van der Waals surface area contributed by atoms with Crippen molar-refractivity contribution in [2.24, 2.45) is 13.0 Å². The number of carbonyl (C=O) groups excluding carboxylic acids is 1. The Labute approximate surface area is 190 Å². The number of hydrogen-bond acceptors (Lipinski definition) is 5. The first-order chi connectivity index (χ1) is 14.9. The number of methoxy groups -OCH3 is 1. The molecule has 2 aromatic heterocycles. The van der Waals surface area contributed by atoms with Crippen LogP contribution in [0.1, 0.15) is 27.9 Å². The number of halogens is 1. The third-order valence-corrected chi connectivity index (χ3v) is 7.36. The number of pyridine rings is 1. The van der Waals surface area contributed by atoms with E-state index in [1.807, 2.05) is 7.11 Å². The molecule has 3 atom stereocenters. The summed E-state index contributed by atoms with van der Waals surface area (Å²) in [7, 11) is 6.07. The van der Waals surface area contributed by atoms with Crippen molar-refractivity contribution in [2.45, 2.75) is 24.5 Å². The molecule has 162 valence electrons. The molecular formula is C24H26BrN3O3. The second-order valence-corrected chi connectivity index (χ2v) is 9.69. The fourth-order valence-corrected chi connectivity index (χ4v) is 5.99. The number of hydrogen-bond donors (Lipinski definition) is 0. The van der Waals surface area contributed by atoms with Gasteiger partial charge in [-0.3, -0.25) is 9.88 Å². The van der Waals surface area contributed by atoms with Gasteiger partial charge in [0.25, 0.3) is 0 Å². The Morgan fingerprint density at radius 3 is 2.94 bits per heavy atom. The number of nitrogens with zero attached hydrogens (tertiary/aromatic N) is 3. The lowest BCUT2D eigenvalue weighted by atomic mass is 9.69. The van der Waals surface area contributed by atoms with E-state index in [-0.39, 0.29) is 17.9 Å². The van der Waals surface area contributed by atoms with Gasteiger partial charge in [-0.2, -0.15) is 0 Å². The van der Waals surface area contributed by atoms with E-state index in [0.29, 0.717) is 12.2 Å². The van der Waals surface area contributed by atoms with Crippen LogP contribution in [-0.4, -0.2) is 53.8 Å². The normalized spacial score (nSPS) is 25.4. The highest BCUT2D eigenvalue weighted by atomic mass is 79.9. The lowest BCUT2D eigenvalue weighted by Gasteiger charge is -2.53. The number of likely N-dealkylation sites (N-methyl/N-ethyl adjacent to an activating group) is 1. The maximum absolute atomic E-state index is 12.5. The van der Waals surface area contributed by atoms with Gasteiger partial charge in [0.05, 0.1) is 12.2 Å². The first kappa shape index (κ1) is 20.7. The van der Waals surface area contributed by atoms with Crippen molar-refractivity contribution in [1.29, 1.82) is 0 Å². The largest absolute Gasteiger partial charge is 0.462 e. The SMILES string of the molecule is CO[C@]12CC(COC(=O)c3cncc(Br)c3)CN(C)[C@@H]1Cc1cn(C)c3cccc2c13. The Morgan fingerprint density at radius 1 is 1.32 bits per heavy atom. The molecule has 0 amide bonds. The van der Waals surface area contributed by atoms with Crippen molar-refractivity contribution in [3.05, 3.63) is 64.0 Å². The fraction of sp³-hybridized carbons (Fsp3) is 0.417. The Kier molecular flexibility index (Phi) is 5.15. The molecule has 1 saturated heterocycles. The predicted molar refractivity (Wildman–Crippen MR) is 122 cm³/mol. The highest BCUT2D eigenvalue weighted by Crippen LogP contribution is 2.49. The van der Waals surface area contributed by atoms with E-state index in [4.69, 9.17) is 9.47 Å². The maximum Gasteiger partial charge on any atom is 0.339 e. The topological polar surface area (TPSA) is 56.6 Å². The lowest BCUT2D eigenvalue weighted by molar-refractivity contribution is -0.131. The van der Waals surface area contributed by atoms with Crippen LogP contribution in [0.3, 0.4) is 0 Å². The van der Waals surface area contributed by atoms with Crippen LogP contribution < -0.4 is 0 Å². The zero-order chi connectivity index (χ0) is 21.8. The Morgan fingerprint density at radius 2 is 2.16 bits per heavy atom. The first-order valence-electron chi connectivity index (χ1n) is 10.5. The van der Waals surface area contributed by atoms with Crippen LogP contribution in [0.4, 0.5) is 0 Å². The van der Waals surface area contributed by atoms with Crippen LogP contribution in [0.2, 0.25) is 0 Å². The molecule has 3 heterocycles. The first-order valence-corrected chi connectivity index (χ1v) is 11.3. The van der Waals surface area contributed by atoms with Crippen LogP contribution in [0.25, 0.3) is 10.9 Å². The summed E-state index contributed by atoms with van der Waals surface area (Å²) < 4.78 is 15.0. The average Bonchev–Trinajstić information content (AvgIpc) is 3.09. The number of piperidine rings is 1. The Hall–Kier alpha value is -2.22. The summed E-state index contributed by atoms with van der Waals surface area (Å²) >= 11 is 3.35. The quantitative estimate of drug-likeness (QED) is 0.526. The van der Waals surface area contributed by atoms with Crippen LogP contribution in [0, 0.1) is 5.92 Å². The standard InChI is InChI=1S/C24H26BrN3O3/c1-27-13-17-8-21-24(30-3,19-5-4-6-20(27)22(17)19)9-15(12-28(21)2)14-31-23(29)16-7-18(25)11-26-10-16/h4-7,10-11,13,15,21H,8-9,12,14H2,1-3H3/t15?,21-,24+/m1/s1. The fourth-order valence-electron chi connectivity index (χ4n) is 5.63. The number of rotatable bonds is 4. The van der Waals surface area contributed by atoms with Crippen molar-refractivity contribution < 1.29 is 14.3 Å². The number of aryl methyl sites for hydroxylation is 1. The van der Waals surface area contributed by atoms with E-state index in [1.165, 1.54) is 28.2 Å². The van der Waals surface area contributed by atoms with Gasteiger partial charge < -0.3 is 14.0 Å². The summed E-state index contributed by atoms with van der Waals surface area (Å²) in [5, 5.41) is 1.31. The van der Waals surface area contributed by atoms with Gasteiger partial charge in [-0.1, -0.05) is 12.1 Å². The molecule has 1 fully saturated rings. The van der Waals surface area contributed by atoms with Crippen LogP contribution in [0.5, 0.6) is 0 Å². The number of aromatic nitrogens is 2. The van der Waals surface area contributed by atoms with Gasteiger partial charge in [0.1, 0.15) is 5.60 Å². The van der Waals surface area contributed by atoms with E-state index in [1.54, 1.807) is 12.3 Å². The molecule has 3 aromatic rings. The molecule has 1 aromatic carbocycles. The number of fused-ring (bicyclic) bond motifs is 2. The summed E-state index contributed by atoms with van der Waals surface area (Å²) in [6.45, 7) is 1.21. The van der Waals surface area contributed by atoms with E-state index in [9.17, 15) is 4.79 Å². The van der Waals surface area contributed by atoms with Crippen LogP contribution in [0.15, 0.2) is 47.3 Å². The molecule has 31 heavy (non-hydrogen) atoms. The molecule has 6 nitrogen and oxygen atoms in total. The summed E-state index contributed by atoms with van der Waals surface area (Å²) in [5.41, 5.74) is 3.90. The van der Waals surface area contributed by atoms with Crippen molar-refractivity contribution >= 4 is 32.8 Å². The molecule has 0 spiro atoms. The Bertz CT molecular complexity index is 1160. The van der Waals surface area contributed by atoms with Crippen molar-refractivity contribution in [3.63, 3.8) is 0 Å². The van der Waals surface area contributed by atoms with Crippen molar-refractivity contribution in [3.8, 4) is 0 Å². The molecule has 2 aliphatic rings. The van der Waals surface area contributed by atoms with E-state index < -0.39 is 5.60 Å². The summed E-state index contributed by atoms with van der Waals surface area (Å²) in [6.07, 6.45) is 7.20. The zero-order valence-electron chi connectivity index (χ0n) is 18.0. The number of benzene rings is 1. The number of ether oxygens (including phenoxy) is 2. The number of carbonyl (C=O) groups is 1. The minimum absolute atomic E-state index is 0.172. The van der Waals surface area contributed by atoms with Crippen molar-refractivity contribution in [2.75, 3.05) is 27.3 Å². The maximum atomic E-state index is 12.5. The molecule has 1 aliphatic heterocycles. The molecule has 1 aliphatic carbocycles. The summed E-state index contributed by atoms with van der Waals surface area (Å²) in [6, 6.07) is 8.47. The van der Waals surface area contributed by atoms with E-state index >= 15 is 0 Å². The van der Waals surface area contributed by atoms with Gasteiger partial charge in [-0.05, 0) is 59.1 Å². The molecule has 7 heteroatoms. The number of likely N-dealkylation sites (tertiary alicyclic amines) is 1. The molecule has 5 rings (SSSR count). The highest BCUT2D eigenvalue weighted by molar-refractivity contribution is 9.10. The van der Waals surface area contributed by atoms with Crippen LogP contribution in [-0.2, 0) is 28.5 Å². The highest BCUT2D eigenvalue weighted by Gasteiger charge is 2.51. The zero-order valence-corrected chi connectivity index (χ0v) is 19.6. The predicted octanol–water partition coefficient (Wildman–Crippen LogP) is 3.91. The monoisotopic (exact) mass is 483 g/mol. The lowest BCUT2D eigenvalue weighted by Crippen LogP contribution is -2.59. The summed E-state index contributed by atoms with van der Waals surface area (Å²) in [5.74, 6) is -0.174. The van der Waals surface area contributed by atoms with Gasteiger partial charge in [0.2, 0.25) is 0 Å². The summed E-state index contributed by atoms with van der Waals surface area (Å²) in [4.78, 5) is 19.0. The van der Waals surface area contributed by atoms with Gasteiger partial charge >= 0.3 is 5.97 Å². The molecule has 0 saturated carbocycles. The molecule has 0 radical (unpaired) electrons. The second kappa shape index (κ2) is 7.73. The number of esters is 1. The Balaban J connectivity index is 1.44. The second-order valence-electron chi connectivity index (χ2n) is 8.78. The average molecular weight is 484 g/mol. The molecule has 1 unspecified atom stereocenters. The smallest absolute Gasteiger partial charge is 0.339 e. The van der Waals surface area contributed by atoms with Crippen LogP contribution >= 0.6 is 15.9 Å².